The Labute approximate surface area is 141 Å². The Morgan fingerprint density at radius 2 is 1.91 bits per heavy atom. The van der Waals surface area contributed by atoms with E-state index in [1.807, 2.05) is 18.2 Å². The van der Waals surface area contributed by atoms with Crippen LogP contribution in [0.1, 0.15) is 19.4 Å². The molecule has 1 aromatic rings. The van der Waals surface area contributed by atoms with Crippen molar-refractivity contribution < 1.29 is 4.79 Å². The van der Waals surface area contributed by atoms with Gasteiger partial charge in [-0.1, -0.05) is 36.1 Å². The van der Waals surface area contributed by atoms with E-state index in [9.17, 15) is 4.79 Å². The Kier molecular flexibility index (Phi) is 5.99. The summed E-state index contributed by atoms with van der Waals surface area (Å²) in [5.74, 6) is -0.0479. The molecule has 0 radical (unpaired) electrons. The standard InChI is InChI=1S/C16H21N3OS2/c1-3-18(4-2)13-7-5-12(6-8-13)11-14-15(20)19(10-9-17)16(21)22-14/h5-8,11H,3-4,9-10,17H2,1-2H3/b14-11+. The molecule has 0 spiro atoms. The van der Waals surface area contributed by atoms with Crippen LogP contribution in [-0.4, -0.2) is 41.3 Å². The summed E-state index contributed by atoms with van der Waals surface area (Å²) in [7, 11) is 0. The van der Waals surface area contributed by atoms with Crippen molar-refractivity contribution in [2.45, 2.75) is 13.8 Å². The third kappa shape index (κ3) is 3.69. The Bertz CT molecular complexity index is 580. The van der Waals surface area contributed by atoms with Gasteiger partial charge in [-0.2, -0.15) is 0 Å². The summed E-state index contributed by atoms with van der Waals surface area (Å²) < 4.78 is 0.585. The second-order valence-electron chi connectivity index (χ2n) is 4.89. The number of rotatable bonds is 6. The van der Waals surface area contributed by atoms with Crippen LogP contribution in [0.15, 0.2) is 29.2 Å². The molecule has 6 heteroatoms. The van der Waals surface area contributed by atoms with Gasteiger partial charge in [-0.15, -0.1) is 0 Å². The fourth-order valence-corrected chi connectivity index (χ4v) is 3.65. The van der Waals surface area contributed by atoms with Gasteiger partial charge in [-0.25, -0.2) is 0 Å². The summed E-state index contributed by atoms with van der Waals surface area (Å²) in [4.78, 5) is 16.8. The quantitative estimate of drug-likeness (QED) is 0.640. The number of hydrogen-bond donors (Lipinski definition) is 1. The van der Waals surface area contributed by atoms with Crippen LogP contribution in [0.2, 0.25) is 0 Å². The van der Waals surface area contributed by atoms with Gasteiger partial charge in [0, 0.05) is 31.9 Å². The number of benzene rings is 1. The molecule has 2 N–H and O–H groups in total. The van der Waals surface area contributed by atoms with Crippen molar-refractivity contribution in [3.05, 3.63) is 34.7 Å². The lowest BCUT2D eigenvalue weighted by Crippen LogP contribution is -2.32. The molecule has 1 heterocycles. The van der Waals surface area contributed by atoms with Crippen molar-refractivity contribution in [3.63, 3.8) is 0 Å². The van der Waals surface area contributed by atoms with E-state index in [2.05, 4.69) is 30.9 Å². The molecule has 0 atom stereocenters. The minimum Gasteiger partial charge on any atom is -0.372 e. The summed E-state index contributed by atoms with van der Waals surface area (Å²) in [5, 5.41) is 0. The van der Waals surface area contributed by atoms with Gasteiger partial charge in [-0.05, 0) is 37.6 Å². The van der Waals surface area contributed by atoms with Gasteiger partial charge in [0.15, 0.2) is 0 Å². The van der Waals surface area contributed by atoms with Crippen LogP contribution in [-0.2, 0) is 4.79 Å². The van der Waals surface area contributed by atoms with Gasteiger partial charge < -0.3 is 10.6 Å². The molecule has 118 valence electrons. The van der Waals surface area contributed by atoms with E-state index in [4.69, 9.17) is 18.0 Å². The second kappa shape index (κ2) is 7.76. The van der Waals surface area contributed by atoms with Crippen molar-refractivity contribution in [1.82, 2.24) is 4.90 Å². The van der Waals surface area contributed by atoms with E-state index in [1.165, 1.54) is 17.4 Å². The largest absolute Gasteiger partial charge is 0.372 e. The van der Waals surface area contributed by atoms with Crippen LogP contribution in [0.3, 0.4) is 0 Å². The number of anilines is 1. The van der Waals surface area contributed by atoms with Gasteiger partial charge in [0.1, 0.15) is 4.32 Å². The predicted octanol–water partition coefficient (Wildman–Crippen LogP) is 2.69. The van der Waals surface area contributed by atoms with E-state index >= 15 is 0 Å². The minimum absolute atomic E-state index is 0.0479. The molecule has 1 saturated heterocycles. The molecule has 22 heavy (non-hydrogen) atoms. The molecule has 1 amide bonds. The molecule has 1 aromatic carbocycles. The lowest BCUT2D eigenvalue weighted by Gasteiger charge is -2.20. The number of carbonyl (C=O) groups is 1. The van der Waals surface area contributed by atoms with E-state index < -0.39 is 0 Å². The first kappa shape index (κ1) is 17.0. The Hall–Kier alpha value is -1.37. The molecule has 1 aliphatic heterocycles. The van der Waals surface area contributed by atoms with Crippen LogP contribution >= 0.6 is 24.0 Å². The highest BCUT2D eigenvalue weighted by molar-refractivity contribution is 8.26. The van der Waals surface area contributed by atoms with Crippen LogP contribution < -0.4 is 10.6 Å². The Morgan fingerprint density at radius 3 is 2.45 bits per heavy atom. The van der Waals surface area contributed by atoms with Crippen molar-refractivity contribution in [2.24, 2.45) is 5.73 Å². The predicted molar refractivity (Wildman–Crippen MR) is 98.9 cm³/mol. The second-order valence-corrected chi connectivity index (χ2v) is 6.56. The molecule has 4 nitrogen and oxygen atoms in total. The highest BCUT2D eigenvalue weighted by atomic mass is 32.2. The molecule has 0 aromatic heterocycles. The molecule has 2 rings (SSSR count). The molecular formula is C16H21N3OS2. The number of nitrogens with two attached hydrogens (primary N) is 1. The van der Waals surface area contributed by atoms with E-state index in [-0.39, 0.29) is 5.91 Å². The maximum absolute atomic E-state index is 12.3. The number of carbonyl (C=O) groups excluding carboxylic acids is 1. The molecule has 0 unspecified atom stereocenters. The normalized spacial score (nSPS) is 16.7. The molecule has 1 fully saturated rings. The first-order valence-electron chi connectivity index (χ1n) is 7.41. The number of thiocarbonyl (C=S) groups is 1. The van der Waals surface area contributed by atoms with Gasteiger partial charge in [0.05, 0.1) is 4.91 Å². The van der Waals surface area contributed by atoms with Crippen molar-refractivity contribution in [3.8, 4) is 0 Å². The Balaban J connectivity index is 2.16. The number of thioether (sulfide) groups is 1. The summed E-state index contributed by atoms with van der Waals surface area (Å²) in [6, 6.07) is 8.23. The molecule has 0 bridgehead atoms. The van der Waals surface area contributed by atoms with Crippen molar-refractivity contribution >= 4 is 46.0 Å². The zero-order valence-corrected chi connectivity index (χ0v) is 14.5. The van der Waals surface area contributed by atoms with Gasteiger partial charge in [0.25, 0.3) is 5.91 Å². The Morgan fingerprint density at radius 1 is 1.27 bits per heavy atom. The van der Waals surface area contributed by atoms with Crippen LogP contribution in [0.25, 0.3) is 6.08 Å². The SMILES string of the molecule is CCN(CC)c1ccc(/C=C2/SC(=S)N(CCN)C2=O)cc1. The van der Waals surface area contributed by atoms with Crippen molar-refractivity contribution in [2.75, 3.05) is 31.1 Å². The first-order valence-corrected chi connectivity index (χ1v) is 8.63. The third-order valence-electron chi connectivity index (χ3n) is 3.55. The highest BCUT2D eigenvalue weighted by Gasteiger charge is 2.31. The maximum Gasteiger partial charge on any atom is 0.266 e. The summed E-state index contributed by atoms with van der Waals surface area (Å²) in [6.07, 6.45) is 1.89. The van der Waals surface area contributed by atoms with E-state index in [1.54, 1.807) is 4.90 Å². The summed E-state index contributed by atoms with van der Waals surface area (Å²) >= 11 is 6.57. The molecule has 1 aliphatic rings. The smallest absolute Gasteiger partial charge is 0.266 e. The lowest BCUT2D eigenvalue weighted by molar-refractivity contribution is -0.122. The maximum atomic E-state index is 12.3. The van der Waals surface area contributed by atoms with E-state index in [0.29, 0.717) is 22.3 Å². The van der Waals surface area contributed by atoms with Crippen LogP contribution in [0.4, 0.5) is 5.69 Å². The fraction of sp³-hybridized carbons (Fsp3) is 0.375. The van der Waals surface area contributed by atoms with Crippen LogP contribution in [0, 0.1) is 0 Å². The monoisotopic (exact) mass is 335 g/mol. The number of hydrogen-bond acceptors (Lipinski definition) is 5. The highest BCUT2D eigenvalue weighted by Crippen LogP contribution is 2.32. The molecule has 0 saturated carbocycles. The third-order valence-corrected chi connectivity index (χ3v) is 4.92. The number of amides is 1. The zero-order chi connectivity index (χ0) is 16.1. The van der Waals surface area contributed by atoms with Gasteiger partial charge >= 0.3 is 0 Å². The number of nitrogens with zero attached hydrogens (tertiary/aromatic N) is 2. The van der Waals surface area contributed by atoms with Gasteiger partial charge in [-0.3, -0.25) is 9.69 Å². The van der Waals surface area contributed by atoms with E-state index in [0.717, 1.165) is 18.7 Å². The average molecular weight is 335 g/mol. The minimum atomic E-state index is -0.0479. The van der Waals surface area contributed by atoms with Crippen LogP contribution in [0.5, 0.6) is 0 Å². The van der Waals surface area contributed by atoms with Crippen molar-refractivity contribution in [1.29, 1.82) is 0 Å². The first-order chi connectivity index (χ1) is 10.6. The lowest BCUT2D eigenvalue weighted by atomic mass is 10.1. The van der Waals surface area contributed by atoms with Gasteiger partial charge in [0.2, 0.25) is 0 Å². The zero-order valence-electron chi connectivity index (χ0n) is 12.9. The summed E-state index contributed by atoms with van der Waals surface area (Å²) in [5.41, 5.74) is 7.71. The molecular weight excluding hydrogens is 314 g/mol. The summed E-state index contributed by atoms with van der Waals surface area (Å²) in [6.45, 7) is 7.13. The topological polar surface area (TPSA) is 49.6 Å². The molecule has 0 aliphatic carbocycles. The average Bonchev–Trinajstić information content (AvgIpc) is 2.78. The fourth-order valence-electron chi connectivity index (χ4n) is 2.34.